The molecule has 1 amide bonds. The van der Waals surface area contributed by atoms with Crippen LogP contribution in [0.2, 0.25) is 0 Å². The summed E-state index contributed by atoms with van der Waals surface area (Å²) in [6.45, 7) is -0.618. The van der Waals surface area contributed by atoms with Gasteiger partial charge in [-0.2, -0.15) is 18.3 Å². The second-order valence-electron chi connectivity index (χ2n) is 7.74. The Kier molecular flexibility index (Phi) is 6.73. The van der Waals surface area contributed by atoms with Crippen LogP contribution in [0.1, 0.15) is 27.8 Å². The van der Waals surface area contributed by atoms with E-state index in [0.29, 0.717) is 17.0 Å². The first kappa shape index (κ1) is 24.8. The summed E-state index contributed by atoms with van der Waals surface area (Å²) in [4.78, 5) is 19.9. The lowest BCUT2D eigenvalue weighted by molar-refractivity contribution is -0.137. The van der Waals surface area contributed by atoms with Gasteiger partial charge < -0.3 is 20.7 Å². The highest BCUT2D eigenvalue weighted by atomic mass is 19.4. The van der Waals surface area contributed by atoms with Gasteiger partial charge >= 0.3 is 6.18 Å². The highest BCUT2D eigenvalue weighted by molar-refractivity contribution is 5.91. The number of rotatable bonds is 7. The van der Waals surface area contributed by atoms with Crippen LogP contribution in [0.15, 0.2) is 60.8 Å². The summed E-state index contributed by atoms with van der Waals surface area (Å²) in [5, 5.41) is 23.2. The fourth-order valence-corrected chi connectivity index (χ4v) is 3.42. The Morgan fingerprint density at radius 2 is 1.83 bits per heavy atom. The van der Waals surface area contributed by atoms with Gasteiger partial charge in [0.1, 0.15) is 23.3 Å². The average molecular weight is 499 g/mol. The van der Waals surface area contributed by atoms with Crippen LogP contribution >= 0.6 is 0 Å². The van der Waals surface area contributed by atoms with Crippen LogP contribution in [-0.4, -0.2) is 42.5 Å². The Hall–Kier alpha value is -4.29. The zero-order chi connectivity index (χ0) is 26.0. The molecule has 1 atom stereocenters. The second-order valence-corrected chi connectivity index (χ2v) is 7.74. The molecule has 2 heterocycles. The number of aryl methyl sites for hydroxylation is 1. The number of alkyl halides is 3. The van der Waals surface area contributed by atoms with E-state index in [4.69, 9.17) is 10.5 Å². The zero-order valence-electron chi connectivity index (χ0n) is 18.8. The molecule has 4 aromatic rings. The Balaban J connectivity index is 1.68. The summed E-state index contributed by atoms with van der Waals surface area (Å²) < 4.78 is 47.3. The lowest BCUT2D eigenvalue weighted by Crippen LogP contribution is -2.16. The number of halogens is 3. The number of ether oxygens (including phenoxy) is 1. The summed E-state index contributed by atoms with van der Waals surface area (Å²) >= 11 is 0. The zero-order valence-corrected chi connectivity index (χ0v) is 18.8. The molecular formula is C24H20F3N5O4. The minimum atomic E-state index is -4.53. The van der Waals surface area contributed by atoms with Crippen molar-refractivity contribution in [2.45, 2.75) is 12.3 Å². The Labute approximate surface area is 202 Å². The van der Waals surface area contributed by atoms with Crippen LogP contribution in [0.5, 0.6) is 11.5 Å². The molecule has 186 valence electrons. The molecule has 0 aliphatic heterocycles. The maximum Gasteiger partial charge on any atom is 0.416 e. The molecule has 0 saturated heterocycles. The highest BCUT2D eigenvalue weighted by Crippen LogP contribution is 2.39. The van der Waals surface area contributed by atoms with Crippen molar-refractivity contribution in [1.82, 2.24) is 19.7 Å². The normalized spacial score (nSPS) is 12.4. The fourth-order valence-electron chi connectivity index (χ4n) is 3.42. The predicted octanol–water partition coefficient (Wildman–Crippen LogP) is 3.48. The van der Waals surface area contributed by atoms with Gasteiger partial charge in [0.15, 0.2) is 5.82 Å². The fraction of sp³-hybridized carbons (Fsp3) is 0.167. The molecule has 2 aromatic carbocycles. The van der Waals surface area contributed by atoms with Gasteiger partial charge in [-0.05, 0) is 54.6 Å². The first-order chi connectivity index (χ1) is 17.1. The van der Waals surface area contributed by atoms with Crippen molar-refractivity contribution < 1.29 is 32.9 Å². The highest BCUT2D eigenvalue weighted by Gasteiger charge is 2.31. The average Bonchev–Trinajstić information content (AvgIpc) is 3.28. The number of primary amides is 1. The van der Waals surface area contributed by atoms with Gasteiger partial charge in [-0.1, -0.05) is 0 Å². The van der Waals surface area contributed by atoms with E-state index >= 15 is 0 Å². The number of carbonyl (C=O) groups excluding carboxylic acids is 1. The molecule has 0 spiro atoms. The maximum absolute atomic E-state index is 13.3. The number of aliphatic hydroxyl groups excluding tert-OH is 2. The second kappa shape index (κ2) is 9.76. The van der Waals surface area contributed by atoms with E-state index in [-0.39, 0.29) is 28.5 Å². The van der Waals surface area contributed by atoms with E-state index in [9.17, 15) is 28.2 Å². The van der Waals surface area contributed by atoms with Gasteiger partial charge in [0.25, 0.3) is 5.91 Å². The van der Waals surface area contributed by atoms with Gasteiger partial charge in [0.2, 0.25) is 0 Å². The Morgan fingerprint density at radius 1 is 1.11 bits per heavy atom. The van der Waals surface area contributed by atoms with Crippen LogP contribution < -0.4 is 10.5 Å². The summed E-state index contributed by atoms with van der Waals surface area (Å²) in [6, 6.07) is 12.2. The largest absolute Gasteiger partial charge is 0.457 e. The van der Waals surface area contributed by atoms with E-state index in [0.717, 1.165) is 12.1 Å². The Morgan fingerprint density at radius 3 is 2.42 bits per heavy atom. The van der Waals surface area contributed by atoms with Crippen molar-refractivity contribution in [1.29, 1.82) is 0 Å². The van der Waals surface area contributed by atoms with Crippen molar-refractivity contribution in [3.05, 3.63) is 77.7 Å². The molecule has 0 radical (unpaired) electrons. The molecule has 0 aliphatic rings. The smallest absolute Gasteiger partial charge is 0.416 e. The number of nitrogens with zero attached hydrogens (tertiary/aromatic N) is 4. The van der Waals surface area contributed by atoms with Crippen molar-refractivity contribution in [3.8, 4) is 34.1 Å². The number of carbonyl (C=O) groups is 1. The monoisotopic (exact) mass is 499 g/mol. The molecule has 4 rings (SSSR count). The van der Waals surface area contributed by atoms with E-state index < -0.39 is 30.4 Å². The van der Waals surface area contributed by atoms with E-state index in [1.54, 1.807) is 37.4 Å². The summed E-state index contributed by atoms with van der Waals surface area (Å²) in [5.74, 6) is -0.274. The molecule has 1 unspecified atom stereocenters. The van der Waals surface area contributed by atoms with Crippen molar-refractivity contribution in [3.63, 3.8) is 0 Å². The maximum atomic E-state index is 13.3. The minimum absolute atomic E-state index is 0.0159. The van der Waals surface area contributed by atoms with Gasteiger partial charge in [0, 0.05) is 24.4 Å². The molecule has 0 saturated carbocycles. The SMILES string of the molecule is Cn1nccc1-c1cc(C(F)(F)F)ccc1Oc1ccc(-c2nc(C(N)=O)cc(C(O)CO)n2)cc1. The predicted molar refractivity (Wildman–Crippen MR) is 122 cm³/mol. The van der Waals surface area contributed by atoms with Crippen LogP contribution in [0.3, 0.4) is 0 Å². The number of nitrogens with two attached hydrogens (primary N) is 1. The third-order valence-corrected chi connectivity index (χ3v) is 5.26. The minimum Gasteiger partial charge on any atom is -0.457 e. The molecule has 36 heavy (non-hydrogen) atoms. The van der Waals surface area contributed by atoms with Gasteiger partial charge in [-0.25, -0.2) is 9.97 Å². The summed E-state index contributed by atoms with van der Waals surface area (Å²) in [7, 11) is 1.61. The van der Waals surface area contributed by atoms with E-state index in [2.05, 4.69) is 15.1 Å². The number of hydrogen-bond acceptors (Lipinski definition) is 7. The molecule has 9 nitrogen and oxygen atoms in total. The molecular weight excluding hydrogens is 479 g/mol. The number of hydrogen-bond donors (Lipinski definition) is 3. The van der Waals surface area contributed by atoms with Crippen molar-refractivity contribution >= 4 is 5.91 Å². The topological polar surface area (TPSA) is 136 Å². The van der Waals surface area contributed by atoms with E-state index in [1.165, 1.54) is 23.0 Å². The van der Waals surface area contributed by atoms with Crippen LogP contribution in [0, 0.1) is 0 Å². The summed E-state index contributed by atoms with van der Waals surface area (Å²) in [5.41, 5.74) is 5.43. The van der Waals surface area contributed by atoms with Crippen LogP contribution in [0.4, 0.5) is 13.2 Å². The standard InChI is InChI=1S/C24H20F3N5O4/c1-32-19(8-9-29-32)16-10-14(24(25,26)27)4-7-21(16)36-15-5-2-13(3-6-15)23-30-17(20(34)12-33)11-18(31-23)22(28)35/h2-11,20,33-34H,12H2,1H3,(H2,28,35). The van der Waals surface area contributed by atoms with E-state index in [1.807, 2.05) is 0 Å². The van der Waals surface area contributed by atoms with Gasteiger partial charge in [0.05, 0.1) is 23.6 Å². The summed E-state index contributed by atoms with van der Waals surface area (Å²) in [6.07, 6.45) is -4.40. The number of aliphatic hydroxyl groups is 2. The van der Waals surface area contributed by atoms with Crippen LogP contribution in [-0.2, 0) is 13.2 Å². The quantitative estimate of drug-likeness (QED) is 0.354. The van der Waals surface area contributed by atoms with Crippen molar-refractivity contribution in [2.75, 3.05) is 6.61 Å². The lowest BCUT2D eigenvalue weighted by Gasteiger charge is -2.15. The van der Waals surface area contributed by atoms with Gasteiger partial charge in [-0.3, -0.25) is 9.48 Å². The number of amides is 1. The molecule has 0 fully saturated rings. The van der Waals surface area contributed by atoms with Gasteiger partial charge in [-0.15, -0.1) is 0 Å². The van der Waals surface area contributed by atoms with Crippen molar-refractivity contribution in [2.24, 2.45) is 12.8 Å². The molecule has 0 bridgehead atoms. The first-order valence-electron chi connectivity index (χ1n) is 10.5. The molecule has 4 N–H and O–H groups in total. The lowest BCUT2D eigenvalue weighted by atomic mass is 10.1. The third-order valence-electron chi connectivity index (χ3n) is 5.26. The molecule has 2 aromatic heterocycles. The number of aromatic nitrogens is 4. The first-order valence-corrected chi connectivity index (χ1v) is 10.5. The molecule has 0 aliphatic carbocycles. The third kappa shape index (κ3) is 5.19. The van der Waals surface area contributed by atoms with Crippen LogP contribution in [0.25, 0.3) is 22.6 Å². The number of benzene rings is 2. The molecule has 12 heteroatoms. The Bertz CT molecular complexity index is 1400.